The fraction of sp³-hybridized carbons (Fsp3) is 0.250. The van der Waals surface area contributed by atoms with Gasteiger partial charge in [0.15, 0.2) is 0 Å². The quantitative estimate of drug-likeness (QED) is 0.651. The van der Waals surface area contributed by atoms with Crippen LogP contribution in [0.4, 0.5) is 4.39 Å². The van der Waals surface area contributed by atoms with E-state index in [1.165, 1.54) is 6.07 Å². The van der Waals surface area contributed by atoms with Crippen molar-refractivity contribution in [3.05, 3.63) is 65.0 Å². The molecule has 2 aromatic carbocycles. The van der Waals surface area contributed by atoms with E-state index in [9.17, 15) is 4.39 Å². The van der Waals surface area contributed by atoms with Crippen molar-refractivity contribution in [2.45, 2.75) is 19.4 Å². The summed E-state index contributed by atoms with van der Waals surface area (Å²) in [6.07, 6.45) is 0.461. The highest BCUT2D eigenvalue weighted by Gasteiger charge is 2.17. The van der Waals surface area contributed by atoms with Crippen LogP contribution in [0.5, 0.6) is 5.75 Å². The second-order valence-corrected chi connectivity index (χ2v) is 4.76. The molecule has 0 fully saturated rings. The molecule has 1 atom stereocenters. The van der Waals surface area contributed by atoms with E-state index >= 15 is 0 Å². The van der Waals surface area contributed by atoms with Gasteiger partial charge in [-0.1, -0.05) is 35.9 Å². The Morgan fingerprint density at radius 3 is 2.65 bits per heavy atom. The molecule has 20 heavy (non-hydrogen) atoms. The van der Waals surface area contributed by atoms with Crippen LogP contribution in [0.1, 0.15) is 22.7 Å². The number of nitrogens with two attached hydrogens (primary N) is 1. The van der Waals surface area contributed by atoms with Crippen molar-refractivity contribution in [3.63, 3.8) is 0 Å². The lowest BCUT2D eigenvalue weighted by molar-refractivity contribution is 0.398. The molecule has 106 valence electrons. The van der Waals surface area contributed by atoms with Gasteiger partial charge in [0.25, 0.3) is 0 Å². The summed E-state index contributed by atoms with van der Waals surface area (Å²) >= 11 is 0. The molecule has 0 heterocycles. The summed E-state index contributed by atoms with van der Waals surface area (Å²) < 4.78 is 19.1. The first-order chi connectivity index (χ1) is 9.65. The van der Waals surface area contributed by atoms with Crippen molar-refractivity contribution < 1.29 is 9.13 Å². The lowest BCUT2D eigenvalue weighted by Crippen LogP contribution is -2.30. The maximum atomic E-state index is 13.8. The van der Waals surface area contributed by atoms with Crippen LogP contribution >= 0.6 is 0 Å². The third-order valence-corrected chi connectivity index (χ3v) is 3.34. The summed E-state index contributed by atoms with van der Waals surface area (Å²) in [6, 6.07) is 12.4. The van der Waals surface area contributed by atoms with E-state index in [0.717, 1.165) is 16.9 Å². The Morgan fingerprint density at radius 2 is 2.00 bits per heavy atom. The smallest absolute Gasteiger partial charge is 0.126 e. The van der Waals surface area contributed by atoms with E-state index in [1.807, 2.05) is 31.2 Å². The maximum Gasteiger partial charge on any atom is 0.126 e. The van der Waals surface area contributed by atoms with Crippen molar-refractivity contribution in [2.24, 2.45) is 5.84 Å². The second-order valence-electron chi connectivity index (χ2n) is 4.76. The van der Waals surface area contributed by atoms with Crippen molar-refractivity contribution in [1.29, 1.82) is 0 Å². The molecule has 3 N–H and O–H groups in total. The van der Waals surface area contributed by atoms with Crippen molar-refractivity contribution in [1.82, 2.24) is 5.43 Å². The molecule has 0 bridgehead atoms. The van der Waals surface area contributed by atoms with Crippen LogP contribution in [0.3, 0.4) is 0 Å². The maximum absolute atomic E-state index is 13.8. The van der Waals surface area contributed by atoms with Gasteiger partial charge in [-0.2, -0.15) is 0 Å². The van der Waals surface area contributed by atoms with Gasteiger partial charge >= 0.3 is 0 Å². The van der Waals surface area contributed by atoms with Crippen molar-refractivity contribution in [3.8, 4) is 5.75 Å². The van der Waals surface area contributed by atoms with Gasteiger partial charge in [-0.15, -0.1) is 0 Å². The molecule has 3 nitrogen and oxygen atoms in total. The van der Waals surface area contributed by atoms with E-state index in [-0.39, 0.29) is 11.9 Å². The average Bonchev–Trinajstić information content (AvgIpc) is 2.46. The topological polar surface area (TPSA) is 47.3 Å². The van der Waals surface area contributed by atoms with Crippen LogP contribution in [0.15, 0.2) is 42.5 Å². The average molecular weight is 274 g/mol. The number of methoxy groups -OCH3 is 1. The lowest BCUT2D eigenvalue weighted by Gasteiger charge is -2.20. The molecule has 0 aliphatic heterocycles. The molecular weight excluding hydrogens is 255 g/mol. The van der Waals surface area contributed by atoms with Crippen LogP contribution in [-0.2, 0) is 6.42 Å². The van der Waals surface area contributed by atoms with Crippen LogP contribution in [0.25, 0.3) is 0 Å². The Labute approximate surface area is 118 Å². The highest BCUT2D eigenvalue weighted by atomic mass is 19.1. The summed E-state index contributed by atoms with van der Waals surface area (Å²) in [6.45, 7) is 2.00. The SMILES string of the molecule is COc1ccc(C)cc1C(Cc1ccccc1F)NN. The van der Waals surface area contributed by atoms with Crippen molar-refractivity contribution >= 4 is 0 Å². The first-order valence-electron chi connectivity index (χ1n) is 6.49. The number of hydrazine groups is 1. The molecule has 0 spiro atoms. The standard InChI is InChI=1S/C16H19FN2O/c1-11-7-8-16(20-2)13(9-11)15(19-18)10-12-5-3-4-6-14(12)17/h3-9,15,19H,10,18H2,1-2H3. The van der Waals surface area contributed by atoms with Crippen LogP contribution in [-0.4, -0.2) is 7.11 Å². The number of rotatable bonds is 5. The molecule has 0 aliphatic carbocycles. The van der Waals surface area contributed by atoms with Gasteiger partial charge in [-0.25, -0.2) is 4.39 Å². The Balaban J connectivity index is 2.33. The summed E-state index contributed by atoms with van der Waals surface area (Å²) in [4.78, 5) is 0. The summed E-state index contributed by atoms with van der Waals surface area (Å²) in [7, 11) is 1.62. The fourth-order valence-electron chi connectivity index (χ4n) is 2.27. The van der Waals surface area contributed by atoms with Gasteiger partial charge in [-0.3, -0.25) is 11.3 Å². The molecule has 2 aromatic rings. The fourth-order valence-corrected chi connectivity index (χ4v) is 2.27. The highest BCUT2D eigenvalue weighted by Crippen LogP contribution is 2.28. The monoisotopic (exact) mass is 274 g/mol. The number of nitrogens with one attached hydrogen (secondary N) is 1. The summed E-state index contributed by atoms with van der Waals surface area (Å²) in [5.41, 5.74) is 5.41. The minimum absolute atomic E-state index is 0.207. The zero-order valence-electron chi connectivity index (χ0n) is 11.7. The normalized spacial score (nSPS) is 12.2. The minimum atomic E-state index is -0.223. The number of ether oxygens (including phenoxy) is 1. The van der Waals surface area contributed by atoms with E-state index in [2.05, 4.69) is 5.43 Å². The first-order valence-corrected chi connectivity index (χ1v) is 6.49. The predicted molar refractivity (Wildman–Crippen MR) is 77.9 cm³/mol. The zero-order chi connectivity index (χ0) is 14.5. The summed E-state index contributed by atoms with van der Waals surface area (Å²) in [5.74, 6) is 6.17. The number of aryl methyl sites for hydroxylation is 1. The molecule has 0 aliphatic rings. The van der Waals surface area contributed by atoms with Gasteiger partial charge in [0.1, 0.15) is 11.6 Å². The van der Waals surface area contributed by atoms with Crippen molar-refractivity contribution in [2.75, 3.05) is 7.11 Å². The molecule has 0 aromatic heterocycles. The Hall–Kier alpha value is -1.91. The molecule has 0 saturated carbocycles. The second kappa shape index (κ2) is 6.50. The van der Waals surface area contributed by atoms with Gasteiger partial charge in [0.05, 0.1) is 13.2 Å². The third kappa shape index (κ3) is 3.15. The Bertz CT molecular complexity index is 586. The number of benzene rings is 2. The highest BCUT2D eigenvalue weighted by molar-refractivity contribution is 5.40. The number of hydrogen-bond donors (Lipinski definition) is 2. The Morgan fingerprint density at radius 1 is 1.25 bits per heavy atom. The van der Waals surface area contributed by atoms with Crippen LogP contribution in [0.2, 0.25) is 0 Å². The third-order valence-electron chi connectivity index (χ3n) is 3.34. The van der Waals surface area contributed by atoms with E-state index < -0.39 is 0 Å². The number of halogens is 1. The van der Waals surface area contributed by atoms with Gasteiger partial charge in [0, 0.05) is 5.56 Å². The molecular formula is C16H19FN2O. The number of hydrogen-bond acceptors (Lipinski definition) is 3. The molecule has 4 heteroatoms. The van der Waals surface area contributed by atoms with E-state index in [0.29, 0.717) is 12.0 Å². The van der Waals surface area contributed by atoms with Crippen LogP contribution < -0.4 is 16.0 Å². The van der Waals surface area contributed by atoms with Gasteiger partial charge < -0.3 is 4.74 Å². The van der Waals surface area contributed by atoms with E-state index in [1.54, 1.807) is 19.2 Å². The molecule has 0 radical (unpaired) electrons. The van der Waals surface area contributed by atoms with E-state index in [4.69, 9.17) is 10.6 Å². The van der Waals surface area contributed by atoms with Crippen LogP contribution in [0, 0.1) is 12.7 Å². The Kier molecular flexibility index (Phi) is 4.71. The largest absolute Gasteiger partial charge is 0.496 e. The first kappa shape index (κ1) is 14.5. The lowest BCUT2D eigenvalue weighted by atomic mass is 9.97. The molecule has 0 saturated heterocycles. The minimum Gasteiger partial charge on any atom is -0.496 e. The zero-order valence-corrected chi connectivity index (χ0v) is 11.7. The summed E-state index contributed by atoms with van der Waals surface area (Å²) in [5, 5.41) is 0. The predicted octanol–water partition coefficient (Wildman–Crippen LogP) is 2.89. The van der Waals surface area contributed by atoms with Gasteiger partial charge in [-0.05, 0) is 31.0 Å². The molecule has 0 amide bonds. The molecule has 2 rings (SSSR count). The molecule has 1 unspecified atom stereocenters. The van der Waals surface area contributed by atoms with Gasteiger partial charge in [0.2, 0.25) is 0 Å².